The molecule has 0 spiro atoms. The van der Waals surface area contributed by atoms with Gasteiger partial charge in [-0.3, -0.25) is 4.79 Å². The van der Waals surface area contributed by atoms with Crippen molar-refractivity contribution in [2.24, 2.45) is 5.73 Å². The quantitative estimate of drug-likeness (QED) is 0.902. The maximum Gasteiger partial charge on any atom is 0.244 e. The van der Waals surface area contributed by atoms with Gasteiger partial charge in [-0.25, -0.2) is 0 Å². The van der Waals surface area contributed by atoms with E-state index in [0.717, 1.165) is 24.2 Å². The van der Waals surface area contributed by atoms with Crippen LogP contribution in [0.3, 0.4) is 0 Å². The Labute approximate surface area is 138 Å². The second-order valence-electron chi connectivity index (χ2n) is 5.38. The Balaban J connectivity index is 0.00000220. The first-order valence-corrected chi connectivity index (χ1v) is 8.37. The van der Waals surface area contributed by atoms with E-state index < -0.39 is 6.04 Å². The summed E-state index contributed by atoms with van der Waals surface area (Å²) in [5, 5.41) is 0.702. The predicted octanol–water partition coefficient (Wildman–Crippen LogP) is 3.24. The fraction of sp³-hybridized carbons (Fsp3) is 0.562. The van der Waals surface area contributed by atoms with Crippen LogP contribution in [0.2, 0.25) is 0 Å². The van der Waals surface area contributed by atoms with Gasteiger partial charge in [-0.2, -0.15) is 11.8 Å². The molecule has 0 saturated heterocycles. The van der Waals surface area contributed by atoms with Crippen molar-refractivity contribution in [2.45, 2.75) is 43.5 Å². The number of likely N-dealkylation sites (N-methyl/N-ethyl adjacent to an activating group) is 1. The lowest BCUT2D eigenvalue weighted by atomic mass is 10.1. The average molecular weight is 329 g/mol. The number of carbonyl (C=O) groups is 1. The summed E-state index contributed by atoms with van der Waals surface area (Å²) in [4.78, 5) is 14.4. The minimum absolute atomic E-state index is 0. The third-order valence-corrected chi connectivity index (χ3v) is 5.31. The van der Waals surface area contributed by atoms with Crippen LogP contribution in [0.4, 0.5) is 0 Å². The van der Waals surface area contributed by atoms with Crippen molar-refractivity contribution in [1.29, 1.82) is 0 Å². The maximum atomic E-state index is 12.5. The molecule has 1 saturated carbocycles. The molecule has 0 radical (unpaired) electrons. The van der Waals surface area contributed by atoms with E-state index in [-0.39, 0.29) is 18.3 Å². The highest BCUT2D eigenvalue weighted by Crippen LogP contribution is 2.32. The number of nitrogens with two attached hydrogens (primary N) is 1. The number of thioether (sulfide) groups is 1. The minimum Gasteiger partial charge on any atom is -0.341 e. The average Bonchev–Trinajstić information content (AvgIpc) is 2.95. The Morgan fingerprint density at radius 1 is 1.38 bits per heavy atom. The molecule has 21 heavy (non-hydrogen) atoms. The second kappa shape index (κ2) is 8.66. The monoisotopic (exact) mass is 328 g/mol. The van der Waals surface area contributed by atoms with Crippen molar-refractivity contribution >= 4 is 30.1 Å². The molecule has 3 unspecified atom stereocenters. The lowest BCUT2D eigenvalue weighted by Gasteiger charge is -2.27. The van der Waals surface area contributed by atoms with Crippen LogP contribution in [0.5, 0.6) is 0 Å². The first kappa shape index (κ1) is 18.3. The number of halogens is 1. The standard InChI is InChI=1S/C16H24N2OS.ClH/c1-3-20-14-10-9-13(11-14)18(2)16(19)15(17)12-7-5-4-6-8-12;/h4-8,13-15H,3,9-11,17H2,1-2H3;1H. The lowest BCUT2D eigenvalue weighted by molar-refractivity contribution is -0.133. The van der Waals surface area contributed by atoms with E-state index in [1.807, 2.05) is 54.0 Å². The van der Waals surface area contributed by atoms with Gasteiger partial charge >= 0.3 is 0 Å². The number of benzene rings is 1. The SMILES string of the molecule is CCSC1CCC(N(C)C(=O)C(N)c2ccccc2)C1.Cl. The van der Waals surface area contributed by atoms with Gasteiger partial charge in [-0.1, -0.05) is 37.3 Å². The third-order valence-electron chi connectivity index (χ3n) is 4.08. The number of rotatable bonds is 5. The molecule has 3 nitrogen and oxygen atoms in total. The topological polar surface area (TPSA) is 46.3 Å². The van der Waals surface area contributed by atoms with Crippen molar-refractivity contribution in [3.05, 3.63) is 35.9 Å². The van der Waals surface area contributed by atoms with Crippen molar-refractivity contribution < 1.29 is 4.79 Å². The number of hydrogen-bond acceptors (Lipinski definition) is 3. The predicted molar refractivity (Wildman–Crippen MR) is 92.9 cm³/mol. The summed E-state index contributed by atoms with van der Waals surface area (Å²) in [6.07, 6.45) is 3.41. The largest absolute Gasteiger partial charge is 0.341 e. The fourth-order valence-corrected chi connectivity index (χ4v) is 3.99. The zero-order chi connectivity index (χ0) is 14.5. The van der Waals surface area contributed by atoms with E-state index in [0.29, 0.717) is 11.3 Å². The van der Waals surface area contributed by atoms with Crippen molar-refractivity contribution in [3.63, 3.8) is 0 Å². The Bertz CT molecular complexity index is 443. The first-order valence-electron chi connectivity index (χ1n) is 7.32. The van der Waals surface area contributed by atoms with Crippen LogP contribution < -0.4 is 5.73 Å². The Morgan fingerprint density at radius 2 is 2.05 bits per heavy atom. The molecule has 1 aromatic rings. The molecule has 118 valence electrons. The third kappa shape index (κ3) is 4.63. The van der Waals surface area contributed by atoms with E-state index in [1.165, 1.54) is 6.42 Å². The van der Waals surface area contributed by atoms with Gasteiger partial charge in [0.25, 0.3) is 0 Å². The summed E-state index contributed by atoms with van der Waals surface area (Å²) in [7, 11) is 1.90. The van der Waals surface area contributed by atoms with Crippen LogP contribution in [0, 0.1) is 0 Å². The molecule has 0 aliphatic heterocycles. The van der Waals surface area contributed by atoms with Crippen LogP contribution in [0.15, 0.2) is 30.3 Å². The van der Waals surface area contributed by atoms with Gasteiger partial charge in [-0.15, -0.1) is 12.4 Å². The van der Waals surface area contributed by atoms with Crippen molar-refractivity contribution in [1.82, 2.24) is 4.90 Å². The normalized spacial score (nSPS) is 22.4. The van der Waals surface area contributed by atoms with Gasteiger partial charge in [0.05, 0.1) is 0 Å². The molecule has 1 aliphatic rings. The smallest absolute Gasteiger partial charge is 0.244 e. The minimum atomic E-state index is -0.543. The molecule has 0 heterocycles. The van der Waals surface area contributed by atoms with E-state index >= 15 is 0 Å². The molecule has 0 aromatic heterocycles. The first-order chi connectivity index (χ1) is 9.63. The van der Waals surface area contributed by atoms with E-state index in [4.69, 9.17) is 5.73 Å². The van der Waals surface area contributed by atoms with Gasteiger partial charge in [0.1, 0.15) is 6.04 Å². The highest BCUT2D eigenvalue weighted by molar-refractivity contribution is 7.99. The Hall–Kier alpha value is -0.710. The molecule has 1 fully saturated rings. The molecule has 0 bridgehead atoms. The maximum absolute atomic E-state index is 12.5. The molecule has 3 atom stereocenters. The summed E-state index contributed by atoms with van der Waals surface area (Å²) in [5.74, 6) is 1.18. The summed E-state index contributed by atoms with van der Waals surface area (Å²) in [6, 6.07) is 9.42. The Morgan fingerprint density at radius 3 is 2.67 bits per heavy atom. The highest BCUT2D eigenvalue weighted by atomic mass is 35.5. The zero-order valence-electron chi connectivity index (χ0n) is 12.7. The van der Waals surface area contributed by atoms with Crippen LogP contribution >= 0.6 is 24.2 Å². The lowest BCUT2D eigenvalue weighted by Crippen LogP contribution is -2.41. The number of carbonyl (C=O) groups excluding carboxylic acids is 1. The fourth-order valence-electron chi connectivity index (χ4n) is 2.86. The van der Waals surface area contributed by atoms with Crippen LogP contribution in [0.25, 0.3) is 0 Å². The number of amides is 1. The van der Waals surface area contributed by atoms with Crippen molar-refractivity contribution in [3.8, 4) is 0 Å². The van der Waals surface area contributed by atoms with Crippen molar-refractivity contribution in [2.75, 3.05) is 12.8 Å². The van der Waals surface area contributed by atoms with Gasteiger partial charge < -0.3 is 10.6 Å². The van der Waals surface area contributed by atoms with Crippen LogP contribution in [-0.2, 0) is 4.79 Å². The van der Waals surface area contributed by atoms with Crippen LogP contribution in [0.1, 0.15) is 37.8 Å². The highest BCUT2D eigenvalue weighted by Gasteiger charge is 2.31. The molecule has 2 N–H and O–H groups in total. The second-order valence-corrected chi connectivity index (χ2v) is 6.96. The summed E-state index contributed by atoms with van der Waals surface area (Å²) in [5.41, 5.74) is 6.99. The summed E-state index contributed by atoms with van der Waals surface area (Å²) >= 11 is 2.01. The molecule has 1 aliphatic carbocycles. The van der Waals surface area contributed by atoms with Crippen LogP contribution in [-0.4, -0.2) is 34.9 Å². The number of nitrogens with zero attached hydrogens (tertiary/aromatic N) is 1. The van der Waals surface area contributed by atoms with E-state index in [2.05, 4.69) is 6.92 Å². The van der Waals surface area contributed by atoms with E-state index in [9.17, 15) is 4.79 Å². The Kier molecular flexibility index (Phi) is 7.57. The molecule has 2 rings (SSSR count). The molecule has 5 heteroatoms. The van der Waals surface area contributed by atoms with Gasteiger partial charge in [0, 0.05) is 18.3 Å². The number of hydrogen-bond donors (Lipinski definition) is 1. The summed E-state index contributed by atoms with van der Waals surface area (Å²) in [6.45, 7) is 2.19. The van der Waals surface area contributed by atoms with Gasteiger partial charge in [0.2, 0.25) is 5.91 Å². The molecular weight excluding hydrogens is 304 g/mol. The molecule has 1 aromatic carbocycles. The van der Waals surface area contributed by atoms with Gasteiger partial charge in [0.15, 0.2) is 0 Å². The molecular formula is C16H25ClN2OS. The molecule has 1 amide bonds. The zero-order valence-corrected chi connectivity index (χ0v) is 14.3. The summed E-state index contributed by atoms with van der Waals surface area (Å²) < 4.78 is 0. The van der Waals surface area contributed by atoms with Gasteiger partial charge in [-0.05, 0) is 30.6 Å². The van der Waals surface area contributed by atoms with E-state index in [1.54, 1.807) is 0 Å².